The third-order valence-corrected chi connectivity index (χ3v) is 11.7. The van der Waals surface area contributed by atoms with Crippen molar-refractivity contribution >= 4 is 45.0 Å². The Morgan fingerprint density at radius 3 is 2.13 bits per heavy atom. The Bertz CT molecular complexity index is 3090. The van der Waals surface area contributed by atoms with E-state index in [1.807, 2.05) is 12.1 Å². The molecule has 0 amide bonds. The Labute approximate surface area is 357 Å². The zero-order chi connectivity index (χ0) is 41.1. The lowest BCUT2D eigenvalue weighted by atomic mass is 9.92. The number of hydrogen-bond acceptors (Lipinski definition) is 4. The molecular weight excluding hydrogens is 741 g/mol. The molecule has 8 aromatic rings. The lowest BCUT2D eigenvalue weighted by molar-refractivity contribution is 0.674. The number of nitrogens with one attached hydrogen (secondary N) is 1. The van der Waals surface area contributed by atoms with Crippen molar-refractivity contribution in [1.82, 2.24) is 10.3 Å². The van der Waals surface area contributed by atoms with Gasteiger partial charge < -0.3 is 5.32 Å². The van der Waals surface area contributed by atoms with E-state index >= 15 is 0 Å². The van der Waals surface area contributed by atoms with Gasteiger partial charge in [0.05, 0.1) is 11.2 Å². The molecule has 1 aromatic heterocycles. The monoisotopic (exact) mass is 784 g/mol. The van der Waals surface area contributed by atoms with Gasteiger partial charge in [0.25, 0.3) is 0 Å². The topological polar surface area (TPSA) is 49.6 Å². The summed E-state index contributed by atoms with van der Waals surface area (Å²) < 4.78 is 0. The number of rotatable bonds is 9. The van der Waals surface area contributed by atoms with E-state index in [0.29, 0.717) is 0 Å². The molecule has 10 rings (SSSR count). The fourth-order valence-corrected chi connectivity index (χ4v) is 8.36. The van der Waals surface area contributed by atoms with Crippen LogP contribution in [-0.4, -0.2) is 16.7 Å². The maximum Gasteiger partial charge on any atom is 0.159 e. The van der Waals surface area contributed by atoms with Crippen LogP contribution >= 0.6 is 0 Å². The van der Waals surface area contributed by atoms with Crippen molar-refractivity contribution in [3.05, 3.63) is 234 Å². The predicted molar refractivity (Wildman–Crippen MR) is 258 cm³/mol. The number of aromatic nitrogens is 1. The van der Waals surface area contributed by atoms with Crippen LogP contribution < -0.4 is 5.32 Å². The summed E-state index contributed by atoms with van der Waals surface area (Å²) in [5, 5.41) is 7.18. The lowest BCUT2D eigenvalue weighted by Gasteiger charge is -2.24. The van der Waals surface area contributed by atoms with Crippen LogP contribution in [0.2, 0.25) is 0 Å². The van der Waals surface area contributed by atoms with Crippen LogP contribution in [0.5, 0.6) is 0 Å². The Morgan fingerprint density at radius 2 is 1.36 bits per heavy atom. The van der Waals surface area contributed by atoms with Crippen molar-refractivity contribution in [3.8, 4) is 33.5 Å². The van der Waals surface area contributed by atoms with Crippen molar-refractivity contribution in [2.75, 3.05) is 0 Å². The molecule has 7 aromatic carbocycles. The van der Waals surface area contributed by atoms with Crippen molar-refractivity contribution in [2.24, 2.45) is 9.98 Å². The molecule has 0 bridgehead atoms. The third kappa shape index (κ3) is 7.68. The van der Waals surface area contributed by atoms with E-state index in [1.165, 1.54) is 21.9 Å². The van der Waals surface area contributed by atoms with E-state index < -0.39 is 0 Å². The highest BCUT2D eigenvalue weighted by Gasteiger charge is 2.22. The number of amidine groups is 2. The molecule has 0 saturated carbocycles. The zero-order valence-corrected chi connectivity index (χ0v) is 34.1. The molecule has 2 aliphatic rings. The number of benzene rings is 7. The van der Waals surface area contributed by atoms with Crippen LogP contribution in [0.15, 0.2) is 216 Å². The summed E-state index contributed by atoms with van der Waals surface area (Å²) in [6.07, 6.45) is 12.7. The predicted octanol–water partition coefficient (Wildman–Crippen LogP) is 14.1. The fourth-order valence-electron chi connectivity index (χ4n) is 8.36. The van der Waals surface area contributed by atoms with E-state index in [0.717, 1.165) is 96.8 Å². The van der Waals surface area contributed by atoms with Crippen LogP contribution in [0.4, 0.5) is 0 Å². The second-order valence-corrected chi connectivity index (χ2v) is 15.6. The molecule has 4 heteroatoms. The molecule has 1 unspecified atom stereocenters. The number of aryl methyl sites for hydroxylation is 1. The van der Waals surface area contributed by atoms with E-state index in [4.69, 9.17) is 15.0 Å². The zero-order valence-electron chi connectivity index (χ0n) is 34.1. The molecule has 292 valence electrons. The van der Waals surface area contributed by atoms with Crippen LogP contribution in [0.1, 0.15) is 46.8 Å². The van der Waals surface area contributed by atoms with Gasteiger partial charge in [-0.25, -0.2) is 15.0 Å². The van der Waals surface area contributed by atoms with E-state index in [-0.39, 0.29) is 6.17 Å². The molecule has 2 heterocycles. The summed E-state index contributed by atoms with van der Waals surface area (Å²) in [5.41, 5.74) is 15.2. The number of nitrogens with zero attached hydrogens (tertiary/aromatic N) is 3. The number of pyridine rings is 1. The fraction of sp³-hybridized carbons (Fsp3) is 0.0702. The van der Waals surface area contributed by atoms with Gasteiger partial charge in [-0.3, -0.25) is 0 Å². The van der Waals surface area contributed by atoms with Crippen LogP contribution in [0.3, 0.4) is 0 Å². The molecule has 1 N–H and O–H groups in total. The summed E-state index contributed by atoms with van der Waals surface area (Å²) in [4.78, 5) is 15.3. The minimum Gasteiger partial charge on any atom is -0.344 e. The minimum absolute atomic E-state index is 0.211. The first-order chi connectivity index (χ1) is 30.1. The average Bonchev–Trinajstić information content (AvgIpc) is 3.34. The molecule has 4 nitrogen and oxygen atoms in total. The van der Waals surface area contributed by atoms with Gasteiger partial charge in [0.15, 0.2) is 5.84 Å². The molecule has 0 radical (unpaired) electrons. The van der Waals surface area contributed by atoms with Gasteiger partial charge in [0.1, 0.15) is 12.0 Å². The van der Waals surface area contributed by atoms with Gasteiger partial charge in [-0.15, -0.1) is 0 Å². The number of fused-ring (bicyclic) bond motifs is 2. The van der Waals surface area contributed by atoms with Gasteiger partial charge in [0, 0.05) is 22.1 Å². The summed E-state index contributed by atoms with van der Waals surface area (Å²) in [6.45, 7) is 6.64. The first-order valence-corrected chi connectivity index (χ1v) is 21.0. The van der Waals surface area contributed by atoms with Crippen molar-refractivity contribution in [2.45, 2.75) is 25.9 Å². The standard InChI is InChI=1S/C57H44N4/c1-38(25-26-41-35-36-51-52(50-24-14-22-44-15-12-13-23-49(44)50)37-53(58-54(51)39(41)2)45-16-6-3-7-17-45)40-27-29-42(30-28-40)43-31-33-48(34-32-43)57-60-55(46-18-8-4-9-19-46)59-56(61-57)47-20-10-5-11-21-47/h3-4,6-10,12-37,55H,1,5,11H2,2H3,(H,59,60,61)/b26-25-. The molecule has 0 spiro atoms. The maximum atomic E-state index is 5.29. The molecule has 1 atom stereocenters. The van der Waals surface area contributed by atoms with Crippen molar-refractivity contribution < 1.29 is 0 Å². The first-order valence-electron chi connectivity index (χ1n) is 21.0. The summed E-state index contributed by atoms with van der Waals surface area (Å²) in [7, 11) is 0. The minimum atomic E-state index is -0.211. The third-order valence-electron chi connectivity index (χ3n) is 11.7. The lowest BCUT2D eigenvalue weighted by Crippen LogP contribution is -2.33. The second-order valence-electron chi connectivity index (χ2n) is 15.6. The Hall–Kier alpha value is -7.69. The first kappa shape index (κ1) is 37.6. The van der Waals surface area contributed by atoms with Crippen molar-refractivity contribution in [1.29, 1.82) is 0 Å². The number of aliphatic imine (C=N–C) groups is 2. The highest BCUT2D eigenvalue weighted by molar-refractivity contribution is 6.14. The summed E-state index contributed by atoms with van der Waals surface area (Å²) >= 11 is 0. The molecule has 0 fully saturated rings. The SMILES string of the molecule is C=C(/C=C\c1ccc2c(-c3cccc4ccccc34)cc(-c3ccccc3)nc2c1C)c1ccc(-c2ccc(C3=NC(C4=CCCC=C4)=NC(c4ccccc4)N3)cc2)cc1. The number of hydrogen-bond donors (Lipinski definition) is 1. The van der Waals surface area contributed by atoms with E-state index in [2.05, 4.69) is 207 Å². The smallest absolute Gasteiger partial charge is 0.159 e. The Balaban J connectivity index is 0.900. The van der Waals surface area contributed by atoms with Gasteiger partial charge >= 0.3 is 0 Å². The van der Waals surface area contributed by atoms with E-state index in [9.17, 15) is 0 Å². The van der Waals surface area contributed by atoms with Crippen LogP contribution in [0.25, 0.3) is 66.8 Å². The second kappa shape index (κ2) is 16.5. The van der Waals surface area contributed by atoms with Gasteiger partial charge in [-0.2, -0.15) is 0 Å². The van der Waals surface area contributed by atoms with Gasteiger partial charge in [-0.05, 0) is 86.7 Å². The molecule has 1 aliphatic heterocycles. The van der Waals surface area contributed by atoms with Gasteiger partial charge in [-0.1, -0.05) is 201 Å². The largest absolute Gasteiger partial charge is 0.344 e. The van der Waals surface area contributed by atoms with Crippen molar-refractivity contribution in [3.63, 3.8) is 0 Å². The molecule has 61 heavy (non-hydrogen) atoms. The highest BCUT2D eigenvalue weighted by atomic mass is 15.2. The molecule has 0 saturated heterocycles. The summed E-state index contributed by atoms with van der Waals surface area (Å²) in [5.74, 6) is 1.59. The Morgan fingerprint density at radius 1 is 0.656 bits per heavy atom. The molecular formula is C57H44N4. The van der Waals surface area contributed by atoms with E-state index in [1.54, 1.807) is 0 Å². The Kier molecular flexibility index (Phi) is 10.2. The summed E-state index contributed by atoms with van der Waals surface area (Å²) in [6, 6.07) is 59.9. The van der Waals surface area contributed by atoms with Gasteiger partial charge in [0.2, 0.25) is 0 Å². The average molecular weight is 785 g/mol. The highest BCUT2D eigenvalue weighted by Crippen LogP contribution is 2.38. The maximum absolute atomic E-state index is 5.29. The normalized spacial score (nSPS) is 15.0. The number of allylic oxidation sites excluding steroid dienone is 4. The van der Waals surface area contributed by atoms with Crippen LogP contribution in [0, 0.1) is 6.92 Å². The molecule has 1 aliphatic carbocycles. The van der Waals surface area contributed by atoms with Crippen LogP contribution in [-0.2, 0) is 0 Å². The quantitative estimate of drug-likeness (QED) is 0.148.